The molecule has 2 aliphatic heterocycles. The van der Waals surface area contributed by atoms with E-state index in [4.69, 9.17) is 4.74 Å². The molecule has 0 aromatic carbocycles. The Kier molecular flexibility index (Phi) is 3.10. The first-order valence-corrected chi connectivity index (χ1v) is 7.73. The molecule has 3 aliphatic rings. The Morgan fingerprint density at radius 3 is 2.05 bits per heavy atom. The average molecular weight is 304 g/mol. The van der Waals surface area contributed by atoms with Gasteiger partial charge >= 0.3 is 13.1 Å². The third kappa shape index (κ3) is 2.64. The van der Waals surface area contributed by atoms with E-state index in [0.717, 1.165) is 12.8 Å². The average Bonchev–Trinajstić information content (AvgIpc) is 2.89. The van der Waals surface area contributed by atoms with E-state index in [9.17, 15) is 17.7 Å². The fraction of sp³-hybridized carbons (Fsp3) is 0.929. The number of rotatable bonds is 1. The second kappa shape index (κ2) is 4.32. The Morgan fingerprint density at radius 1 is 1.14 bits per heavy atom. The fourth-order valence-electron chi connectivity index (χ4n) is 4.38. The van der Waals surface area contributed by atoms with Crippen LogP contribution in [-0.4, -0.2) is 35.7 Å². The Hall–Kier alpha value is -0.875. The summed E-state index contributed by atoms with van der Waals surface area (Å²) in [5, 5.41) is 0. The summed E-state index contributed by atoms with van der Waals surface area (Å²) in [6.45, 7) is 0.680. The first-order chi connectivity index (χ1) is 9.52. The lowest BCUT2D eigenvalue weighted by Crippen LogP contribution is -2.49. The quantitative estimate of drug-likeness (QED) is 0.681. The Labute approximate surface area is 123 Å². The minimum atomic E-state index is -4.74. The molecule has 3 nitrogen and oxygen atoms in total. The summed E-state index contributed by atoms with van der Waals surface area (Å²) < 4.78 is 44.3. The largest absolute Gasteiger partial charge is 0.481 e. The topological polar surface area (TPSA) is 29.5 Å². The molecule has 1 amide bonds. The molecule has 3 rings (SSSR count). The third-order valence-corrected chi connectivity index (χ3v) is 5.22. The normalized spacial score (nSPS) is 38.8. The summed E-state index contributed by atoms with van der Waals surface area (Å²) in [6, 6.07) is -0.136. The zero-order valence-electron chi connectivity index (χ0n) is 12.7. The van der Waals surface area contributed by atoms with Crippen molar-refractivity contribution in [2.45, 2.75) is 76.4 Å². The molecular formula is C14H22BF3NO2-. The molecule has 1 aliphatic carbocycles. The van der Waals surface area contributed by atoms with Gasteiger partial charge in [-0.1, -0.05) is 12.2 Å². The van der Waals surface area contributed by atoms with Gasteiger partial charge in [0.1, 0.15) is 5.60 Å². The van der Waals surface area contributed by atoms with Crippen molar-refractivity contribution < 1.29 is 22.5 Å². The maximum absolute atomic E-state index is 13.0. The van der Waals surface area contributed by atoms with Crippen LogP contribution in [0.1, 0.15) is 52.9 Å². The number of hydrogen-bond acceptors (Lipinski definition) is 2. The lowest BCUT2D eigenvalue weighted by molar-refractivity contribution is -0.0000597. The lowest BCUT2D eigenvalue weighted by Gasteiger charge is -2.41. The molecule has 3 unspecified atom stereocenters. The third-order valence-electron chi connectivity index (χ3n) is 5.22. The number of amides is 1. The Balaban J connectivity index is 1.70. The van der Waals surface area contributed by atoms with Crippen LogP contribution in [0.15, 0.2) is 0 Å². The van der Waals surface area contributed by atoms with Crippen molar-refractivity contribution in [3.8, 4) is 0 Å². The van der Waals surface area contributed by atoms with Crippen molar-refractivity contribution in [1.82, 2.24) is 4.90 Å². The molecule has 2 saturated heterocycles. The number of fused-ring (bicyclic) bond motifs is 2. The lowest BCUT2D eigenvalue weighted by atomic mass is 9.73. The van der Waals surface area contributed by atoms with Gasteiger partial charge < -0.3 is 22.6 Å². The molecule has 1 spiro atoms. The highest BCUT2D eigenvalue weighted by atomic mass is 19.4. The maximum atomic E-state index is 13.0. The van der Waals surface area contributed by atoms with E-state index in [1.807, 2.05) is 0 Å². The summed E-state index contributed by atoms with van der Waals surface area (Å²) in [5.41, 5.74) is -1.13. The SMILES string of the molecule is CC(C)(C)OC(=O)N1C2CCC1CC1(C2)CC1[B-](F)(F)F. The summed E-state index contributed by atoms with van der Waals surface area (Å²) in [7, 11) is 0. The van der Waals surface area contributed by atoms with Gasteiger partial charge in [0.05, 0.1) is 0 Å². The molecule has 7 heteroatoms. The Morgan fingerprint density at radius 2 is 1.67 bits per heavy atom. The summed E-state index contributed by atoms with van der Waals surface area (Å²) in [6.07, 6.45) is 2.51. The van der Waals surface area contributed by atoms with E-state index in [2.05, 4.69) is 0 Å². The van der Waals surface area contributed by atoms with Crippen molar-refractivity contribution in [3.05, 3.63) is 0 Å². The predicted molar refractivity (Wildman–Crippen MR) is 74.0 cm³/mol. The fourth-order valence-corrected chi connectivity index (χ4v) is 4.38. The van der Waals surface area contributed by atoms with Gasteiger partial charge in [-0.15, -0.1) is 0 Å². The molecule has 0 radical (unpaired) electrons. The van der Waals surface area contributed by atoms with Gasteiger partial charge in [0, 0.05) is 12.1 Å². The number of carbonyl (C=O) groups is 1. The van der Waals surface area contributed by atoms with Crippen LogP contribution in [-0.2, 0) is 4.74 Å². The van der Waals surface area contributed by atoms with E-state index in [1.54, 1.807) is 25.7 Å². The minimum absolute atomic E-state index is 0.0678. The maximum Gasteiger partial charge on any atom is 0.481 e. The first kappa shape index (κ1) is 15.0. The number of piperidine rings is 1. The molecular weight excluding hydrogens is 282 g/mol. The van der Waals surface area contributed by atoms with Crippen LogP contribution < -0.4 is 0 Å². The van der Waals surface area contributed by atoms with Crippen molar-refractivity contribution in [2.75, 3.05) is 0 Å². The second-order valence-electron chi connectivity index (χ2n) is 7.98. The molecule has 3 atom stereocenters. The molecule has 0 N–H and O–H groups in total. The second-order valence-corrected chi connectivity index (χ2v) is 7.98. The van der Waals surface area contributed by atoms with Crippen LogP contribution in [0.5, 0.6) is 0 Å². The number of nitrogens with zero attached hydrogens (tertiary/aromatic N) is 1. The number of ether oxygens (including phenoxy) is 1. The van der Waals surface area contributed by atoms with Crippen LogP contribution in [0.3, 0.4) is 0 Å². The van der Waals surface area contributed by atoms with E-state index < -0.39 is 23.8 Å². The molecule has 120 valence electrons. The molecule has 21 heavy (non-hydrogen) atoms. The zero-order valence-corrected chi connectivity index (χ0v) is 12.7. The van der Waals surface area contributed by atoms with E-state index in [1.165, 1.54) is 0 Å². The van der Waals surface area contributed by atoms with Gasteiger partial charge in [0.25, 0.3) is 0 Å². The Bertz CT molecular complexity index is 446. The van der Waals surface area contributed by atoms with Crippen molar-refractivity contribution in [3.63, 3.8) is 0 Å². The number of carbonyl (C=O) groups excluding carboxylic acids is 1. The van der Waals surface area contributed by atoms with Gasteiger partial charge in [0.2, 0.25) is 0 Å². The number of halogens is 3. The highest BCUT2D eigenvalue weighted by Crippen LogP contribution is 2.71. The summed E-state index contributed by atoms with van der Waals surface area (Å²) in [4.78, 5) is 14.0. The van der Waals surface area contributed by atoms with Crippen LogP contribution in [0, 0.1) is 5.41 Å². The molecule has 3 fully saturated rings. The number of hydrogen-bond donors (Lipinski definition) is 0. The summed E-state index contributed by atoms with van der Waals surface area (Å²) in [5.74, 6) is -1.10. The van der Waals surface area contributed by atoms with E-state index >= 15 is 0 Å². The highest BCUT2D eigenvalue weighted by molar-refractivity contribution is 6.61. The molecule has 2 bridgehead atoms. The van der Waals surface area contributed by atoms with Crippen LogP contribution in [0.25, 0.3) is 0 Å². The summed E-state index contributed by atoms with van der Waals surface area (Å²) >= 11 is 0. The predicted octanol–water partition coefficient (Wildman–Crippen LogP) is 4.16. The zero-order chi connectivity index (χ0) is 15.6. The van der Waals surface area contributed by atoms with Crippen molar-refractivity contribution >= 4 is 13.1 Å². The van der Waals surface area contributed by atoms with Crippen LogP contribution in [0.4, 0.5) is 17.7 Å². The van der Waals surface area contributed by atoms with Gasteiger partial charge in [-0.2, -0.15) is 0 Å². The standard InChI is InChI=1S/C14H22BF3NO2/c1-13(2,3)21-12(20)19-9-4-5-10(19)7-14(6-9)8-11(14)15(16,17)18/h9-11H,4-8H2,1-3H3/q-1. The smallest absolute Gasteiger partial charge is 0.449 e. The van der Waals surface area contributed by atoms with Crippen LogP contribution in [0.2, 0.25) is 5.82 Å². The van der Waals surface area contributed by atoms with Crippen molar-refractivity contribution in [2.24, 2.45) is 5.41 Å². The van der Waals surface area contributed by atoms with Crippen LogP contribution >= 0.6 is 0 Å². The van der Waals surface area contributed by atoms with E-state index in [0.29, 0.717) is 12.8 Å². The monoisotopic (exact) mass is 304 g/mol. The molecule has 1 saturated carbocycles. The van der Waals surface area contributed by atoms with Gasteiger partial charge in [0.15, 0.2) is 0 Å². The van der Waals surface area contributed by atoms with Gasteiger partial charge in [-0.25, -0.2) is 4.79 Å². The van der Waals surface area contributed by atoms with Gasteiger partial charge in [-0.3, -0.25) is 0 Å². The minimum Gasteiger partial charge on any atom is -0.449 e. The molecule has 2 heterocycles. The van der Waals surface area contributed by atoms with Crippen molar-refractivity contribution in [1.29, 1.82) is 0 Å². The molecule has 0 aromatic heterocycles. The first-order valence-electron chi connectivity index (χ1n) is 7.73. The molecule has 0 aromatic rings. The highest BCUT2D eigenvalue weighted by Gasteiger charge is 2.66. The van der Waals surface area contributed by atoms with E-state index in [-0.39, 0.29) is 24.6 Å². The van der Waals surface area contributed by atoms with Gasteiger partial charge in [-0.05, 0) is 51.9 Å².